The molecule has 0 saturated heterocycles. The summed E-state index contributed by atoms with van der Waals surface area (Å²) in [6, 6.07) is 1.81. The zero-order valence-corrected chi connectivity index (χ0v) is 11.4. The van der Waals surface area contributed by atoms with Crippen LogP contribution in [0.4, 0.5) is 13.2 Å². The molecule has 0 bridgehead atoms. The molecule has 0 unspecified atom stereocenters. The number of halogens is 3. The summed E-state index contributed by atoms with van der Waals surface area (Å²) in [5.41, 5.74) is 0.938. The van der Waals surface area contributed by atoms with Crippen LogP contribution in [0.3, 0.4) is 0 Å². The molecule has 1 N–H and O–H groups in total. The van der Waals surface area contributed by atoms with E-state index in [1.165, 1.54) is 0 Å². The summed E-state index contributed by atoms with van der Waals surface area (Å²) in [6.45, 7) is 4.04. The highest BCUT2D eigenvalue weighted by atomic mass is 19.4. The number of rotatable bonds is 8. The van der Waals surface area contributed by atoms with Gasteiger partial charge in [-0.05, 0) is 26.1 Å². The molecule has 0 aliphatic heterocycles. The van der Waals surface area contributed by atoms with E-state index in [0.717, 1.165) is 24.3 Å². The molecule has 0 aliphatic carbocycles. The van der Waals surface area contributed by atoms with E-state index in [1.807, 2.05) is 6.07 Å². The first-order valence-corrected chi connectivity index (χ1v) is 6.43. The first-order valence-electron chi connectivity index (χ1n) is 6.43. The van der Waals surface area contributed by atoms with Crippen molar-refractivity contribution in [2.45, 2.75) is 39.0 Å². The monoisotopic (exact) mass is 278 g/mol. The third kappa shape index (κ3) is 6.63. The normalized spacial score (nSPS) is 12.3. The van der Waals surface area contributed by atoms with Crippen LogP contribution in [0, 0.1) is 0 Å². The van der Waals surface area contributed by atoms with E-state index in [0.29, 0.717) is 13.1 Å². The Morgan fingerprint density at radius 2 is 2.11 bits per heavy atom. The van der Waals surface area contributed by atoms with Gasteiger partial charge in [-0.2, -0.15) is 13.2 Å². The molecule has 1 heterocycles. The molecule has 1 aromatic heterocycles. The third-order valence-electron chi connectivity index (χ3n) is 2.77. The van der Waals surface area contributed by atoms with E-state index in [4.69, 9.17) is 4.42 Å². The predicted molar refractivity (Wildman–Crippen MR) is 67.7 cm³/mol. The Bertz CT molecular complexity index is 363. The average molecular weight is 278 g/mol. The Labute approximate surface area is 111 Å². The smallest absolute Gasteiger partial charge is 0.390 e. The number of alkyl halides is 3. The van der Waals surface area contributed by atoms with Crippen LogP contribution in [0.2, 0.25) is 0 Å². The van der Waals surface area contributed by atoms with Gasteiger partial charge in [-0.3, -0.25) is 0 Å². The van der Waals surface area contributed by atoms with Crippen molar-refractivity contribution in [2.75, 3.05) is 20.1 Å². The number of nitrogens with zero attached hydrogens (tertiary/aromatic N) is 1. The molecular formula is C13H21F3N2O. The van der Waals surface area contributed by atoms with Gasteiger partial charge in [0, 0.05) is 18.7 Å². The molecule has 3 nitrogen and oxygen atoms in total. The Hall–Kier alpha value is -1.01. The third-order valence-corrected chi connectivity index (χ3v) is 2.77. The van der Waals surface area contributed by atoms with Gasteiger partial charge >= 0.3 is 6.18 Å². The van der Waals surface area contributed by atoms with Crippen molar-refractivity contribution >= 4 is 0 Å². The molecule has 1 rings (SSSR count). The van der Waals surface area contributed by atoms with Crippen molar-refractivity contribution in [1.29, 1.82) is 0 Å². The molecule has 0 atom stereocenters. The molecule has 0 aliphatic rings. The number of furan rings is 1. The molecule has 110 valence electrons. The standard InChI is InChI=1S/C13H21F3N2O/c1-3-6-17-9-12-11(4-8-19-12)10-18(2)7-5-13(14,15)16/h4,8,17H,3,5-7,9-10H2,1-2H3. The molecule has 19 heavy (non-hydrogen) atoms. The number of nitrogens with one attached hydrogen (secondary N) is 1. The van der Waals surface area contributed by atoms with E-state index >= 15 is 0 Å². The van der Waals surface area contributed by atoms with Crippen molar-refractivity contribution < 1.29 is 17.6 Å². The van der Waals surface area contributed by atoms with Crippen molar-refractivity contribution in [2.24, 2.45) is 0 Å². The first kappa shape index (κ1) is 16.0. The molecule has 0 aromatic carbocycles. The van der Waals surface area contributed by atoms with Crippen molar-refractivity contribution in [3.05, 3.63) is 23.7 Å². The average Bonchev–Trinajstić information content (AvgIpc) is 2.74. The van der Waals surface area contributed by atoms with Crippen molar-refractivity contribution in [3.63, 3.8) is 0 Å². The molecule has 0 spiro atoms. The van der Waals surface area contributed by atoms with E-state index in [2.05, 4.69) is 12.2 Å². The summed E-state index contributed by atoms with van der Waals surface area (Å²) in [4.78, 5) is 1.65. The van der Waals surface area contributed by atoms with Crippen LogP contribution in [0.15, 0.2) is 16.7 Å². The Balaban J connectivity index is 2.41. The van der Waals surface area contributed by atoms with Gasteiger partial charge in [0.1, 0.15) is 5.76 Å². The highest BCUT2D eigenvalue weighted by Crippen LogP contribution is 2.20. The molecule has 0 amide bonds. The molecular weight excluding hydrogens is 257 g/mol. The van der Waals surface area contributed by atoms with Crippen molar-refractivity contribution in [1.82, 2.24) is 10.2 Å². The quantitative estimate of drug-likeness (QED) is 0.740. The van der Waals surface area contributed by atoms with Gasteiger partial charge in [-0.25, -0.2) is 0 Å². The summed E-state index contributed by atoms with van der Waals surface area (Å²) in [7, 11) is 1.68. The van der Waals surface area contributed by atoms with Gasteiger partial charge in [-0.1, -0.05) is 6.92 Å². The fourth-order valence-corrected chi connectivity index (χ4v) is 1.73. The Kier molecular flexibility index (Phi) is 6.37. The SMILES string of the molecule is CCCNCc1occc1CN(C)CCC(F)(F)F. The van der Waals surface area contributed by atoms with Gasteiger partial charge in [0.05, 0.1) is 19.2 Å². The van der Waals surface area contributed by atoms with E-state index in [9.17, 15) is 13.2 Å². The van der Waals surface area contributed by atoms with E-state index in [1.54, 1.807) is 18.2 Å². The molecule has 0 fully saturated rings. The fraction of sp³-hybridized carbons (Fsp3) is 0.692. The summed E-state index contributed by atoms with van der Waals surface area (Å²) >= 11 is 0. The maximum absolute atomic E-state index is 12.1. The lowest BCUT2D eigenvalue weighted by atomic mass is 10.2. The zero-order valence-electron chi connectivity index (χ0n) is 11.4. The van der Waals surface area contributed by atoms with Crippen LogP contribution in [0.25, 0.3) is 0 Å². The second kappa shape index (κ2) is 7.55. The zero-order chi connectivity index (χ0) is 14.3. The summed E-state index contributed by atoms with van der Waals surface area (Å²) in [6.07, 6.45) is -2.28. The van der Waals surface area contributed by atoms with Gasteiger partial charge < -0.3 is 14.6 Å². The van der Waals surface area contributed by atoms with Crippen LogP contribution in [0.5, 0.6) is 0 Å². The largest absolute Gasteiger partial charge is 0.468 e. The van der Waals surface area contributed by atoms with Crippen LogP contribution < -0.4 is 5.32 Å². The van der Waals surface area contributed by atoms with Gasteiger partial charge in [-0.15, -0.1) is 0 Å². The van der Waals surface area contributed by atoms with Crippen LogP contribution in [-0.2, 0) is 13.1 Å². The van der Waals surface area contributed by atoms with Crippen molar-refractivity contribution in [3.8, 4) is 0 Å². The highest BCUT2D eigenvalue weighted by Gasteiger charge is 2.27. The molecule has 1 aromatic rings. The lowest BCUT2D eigenvalue weighted by molar-refractivity contribution is -0.137. The number of hydrogen-bond acceptors (Lipinski definition) is 3. The van der Waals surface area contributed by atoms with Gasteiger partial charge in [0.25, 0.3) is 0 Å². The van der Waals surface area contributed by atoms with Gasteiger partial charge in [0.2, 0.25) is 0 Å². The minimum atomic E-state index is -4.10. The lowest BCUT2D eigenvalue weighted by Crippen LogP contribution is -2.24. The van der Waals surface area contributed by atoms with E-state index < -0.39 is 12.6 Å². The maximum atomic E-state index is 12.1. The van der Waals surface area contributed by atoms with Crippen LogP contribution in [-0.4, -0.2) is 31.2 Å². The highest BCUT2D eigenvalue weighted by molar-refractivity contribution is 5.16. The molecule has 0 saturated carbocycles. The molecule has 0 radical (unpaired) electrons. The number of hydrogen-bond donors (Lipinski definition) is 1. The predicted octanol–water partition coefficient (Wildman–Crippen LogP) is 3.16. The van der Waals surface area contributed by atoms with Crippen LogP contribution in [0.1, 0.15) is 31.1 Å². The first-order chi connectivity index (χ1) is 8.92. The minimum Gasteiger partial charge on any atom is -0.468 e. The molecule has 6 heteroatoms. The lowest BCUT2D eigenvalue weighted by Gasteiger charge is -2.17. The van der Waals surface area contributed by atoms with Gasteiger partial charge in [0.15, 0.2) is 0 Å². The second-order valence-corrected chi connectivity index (χ2v) is 4.65. The summed E-state index contributed by atoms with van der Waals surface area (Å²) < 4.78 is 41.7. The summed E-state index contributed by atoms with van der Waals surface area (Å²) in [5, 5.41) is 3.22. The fourth-order valence-electron chi connectivity index (χ4n) is 1.73. The summed E-state index contributed by atoms with van der Waals surface area (Å²) in [5.74, 6) is 0.798. The van der Waals surface area contributed by atoms with E-state index in [-0.39, 0.29) is 6.54 Å². The second-order valence-electron chi connectivity index (χ2n) is 4.65. The Morgan fingerprint density at radius 1 is 1.37 bits per heavy atom. The topological polar surface area (TPSA) is 28.4 Å². The Morgan fingerprint density at radius 3 is 2.74 bits per heavy atom. The minimum absolute atomic E-state index is 0.00346. The maximum Gasteiger partial charge on any atom is 0.390 e. The van der Waals surface area contributed by atoms with Crippen LogP contribution >= 0.6 is 0 Å².